The second-order valence-electron chi connectivity index (χ2n) is 5.84. The number of hydrogen-bond acceptors (Lipinski definition) is 4. The maximum Gasteiger partial charge on any atom is 0.132 e. The summed E-state index contributed by atoms with van der Waals surface area (Å²) in [7, 11) is 1.65. The molecule has 2 aromatic heterocycles. The molecular weight excluding hydrogens is 312 g/mol. The van der Waals surface area contributed by atoms with Crippen LogP contribution in [0, 0.1) is 0 Å². The lowest BCUT2D eigenvalue weighted by atomic mass is 9.98. The highest BCUT2D eigenvalue weighted by Crippen LogP contribution is 2.35. The standard InChI is InChI=1S/C21H18N2O2/c1-24-19-10-9-14(18-8-4-5-11-23-18)12-17(19)20(22)21-16-7-3-2-6-15(16)13-25-21/h2-13,20H,22H2,1H3. The van der Waals surface area contributed by atoms with Gasteiger partial charge in [0.25, 0.3) is 0 Å². The van der Waals surface area contributed by atoms with E-state index in [1.165, 1.54) is 0 Å². The van der Waals surface area contributed by atoms with Crippen molar-refractivity contribution in [2.24, 2.45) is 5.73 Å². The zero-order valence-corrected chi connectivity index (χ0v) is 13.8. The van der Waals surface area contributed by atoms with Crippen molar-refractivity contribution in [1.29, 1.82) is 0 Å². The number of ether oxygens (including phenoxy) is 1. The number of furan rings is 1. The zero-order valence-electron chi connectivity index (χ0n) is 13.8. The van der Waals surface area contributed by atoms with Gasteiger partial charge >= 0.3 is 0 Å². The Morgan fingerprint density at radius 1 is 1.04 bits per heavy atom. The molecule has 0 aliphatic rings. The fourth-order valence-electron chi connectivity index (χ4n) is 3.07. The number of rotatable bonds is 4. The van der Waals surface area contributed by atoms with Crippen molar-refractivity contribution in [1.82, 2.24) is 4.98 Å². The predicted molar refractivity (Wildman–Crippen MR) is 98.5 cm³/mol. The molecule has 2 N–H and O–H groups in total. The molecule has 0 saturated carbocycles. The van der Waals surface area contributed by atoms with Crippen LogP contribution in [0.3, 0.4) is 0 Å². The molecule has 1 atom stereocenters. The van der Waals surface area contributed by atoms with Crippen molar-refractivity contribution >= 4 is 10.8 Å². The Hall–Kier alpha value is -3.11. The van der Waals surface area contributed by atoms with Gasteiger partial charge in [-0.05, 0) is 30.3 Å². The Labute approximate surface area is 145 Å². The summed E-state index contributed by atoms with van der Waals surface area (Å²) in [5.41, 5.74) is 9.30. The van der Waals surface area contributed by atoms with E-state index in [2.05, 4.69) is 4.98 Å². The van der Waals surface area contributed by atoms with E-state index >= 15 is 0 Å². The number of nitrogens with zero attached hydrogens (tertiary/aromatic N) is 1. The highest BCUT2D eigenvalue weighted by atomic mass is 16.5. The summed E-state index contributed by atoms with van der Waals surface area (Å²) in [5.74, 6) is 1.46. The van der Waals surface area contributed by atoms with E-state index in [-0.39, 0.29) is 0 Å². The SMILES string of the molecule is COc1ccc(-c2ccccn2)cc1C(N)c1occ2ccccc12. The molecule has 4 rings (SSSR count). The predicted octanol–water partition coefficient (Wildman–Crippen LogP) is 4.55. The summed E-state index contributed by atoms with van der Waals surface area (Å²) in [6, 6.07) is 19.3. The van der Waals surface area contributed by atoms with Crippen LogP contribution >= 0.6 is 0 Å². The molecule has 0 aliphatic carbocycles. The number of methoxy groups -OCH3 is 1. The third kappa shape index (κ3) is 2.77. The van der Waals surface area contributed by atoms with Gasteiger partial charge in [0.1, 0.15) is 11.5 Å². The summed E-state index contributed by atoms with van der Waals surface area (Å²) < 4.78 is 11.3. The second-order valence-corrected chi connectivity index (χ2v) is 5.84. The van der Waals surface area contributed by atoms with Crippen LogP contribution in [-0.2, 0) is 0 Å². The van der Waals surface area contributed by atoms with E-state index in [1.54, 1.807) is 19.6 Å². The lowest BCUT2D eigenvalue weighted by Gasteiger charge is -2.16. The van der Waals surface area contributed by atoms with Crippen LogP contribution in [0.4, 0.5) is 0 Å². The van der Waals surface area contributed by atoms with Crippen LogP contribution in [0.1, 0.15) is 17.4 Å². The van der Waals surface area contributed by atoms with Gasteiger partial charge in [-0.15, -0.1) is 0 Å². The monoisotopic (exact) mass is 330 g/mol. The summed E-state index contributed by atoms with van der Waals surface area (Å²) >= 11 is 0. The van der Waals surface area contributed by atoms with E-state index in [1.807, 2.05) is 60.7 Å². The highest BCUT2D eigenvalue weighted by molar-refractivity contribution is 5.85. The van der Waals surface area contributed by atoms with Crippen molar-refractivity contribution in [2.45, 2.75) is 6.04 Å². The molecule has 0 saturated heterocycles. The number of benzene rings is 2. The van der Waals surface area contributed by atoms with E-state index in [0.717, 1.165) is 39.1 Å². The van der Waals surface area contributed by atoms with E-state index < -0.39 is 6.04 Å². The topological polar surface area (TPSA) is 61.3 Å². The second kappa shape index (κ2) is 6.42. The van der Waals surface area contributed by atoms with Gasteiger partial charge in [0.2, 0.25) is 0 Å². The van der Waals surface area contributed by atoms with Gasteiger partial charge in [0, 0.05) is 28.1 Å². The Morgan fingerprint density at radius 3 is 2.68 bits per heavy atom. The van der Waals surface area contributed by atoms with Gasteiger partial charge in [-0.2, -0.15) is 0 Å². The molecule has 0 fully saturated rings. The van der Waals surface area contributed by atoms with Gasteiger partial charge in [0.15, 0.2) is 0 Å². The Bertz CT molecular complexity index is 1010. The van der Waals surface area contributed by atoms with Crippen LogP contribution in [-0.4, -0.2) is 12.1 Å². The third-order valence-electron chi connectivity index (χ3n) is 4.35. The lowest BCUT2D eigenvalue weighted by Crippen LogP contribution is -2.13. The molecule has 25 heavy (non-hydrogen) atoms. The lowest BCUT2D eigenvalue weighted by molar-refractivity contribution is 0.403. The maximum atomic E-state index is 6.56. The fourth-order valence-corrected chi connectivity index (χ4v) is 3.07. The minimum Gasteiger partial charge on any atom is -0.496 e. The van der Waals surface area contributed by atoms with E-state index in [9.17, 15) is 0 Å². The van der Waals surface area contributed by atoms with E-state index in [4.69, 9.17) is 14.9 Å². The molecule has 1 unspecified atom stereocenters. The Balaban J connectivity index is 1.83. The van der Waals surface area contributed by atoms with Crippen molar-refractivity contribution in [3.8, 4) is 17.0 Å². The first kappa shape index (κ1) is 15.4. The summed E-state index contributed by atoms with van der Waals surface area (Å²) in [4.78, 5) is 4.41. The Kier molecular flexibility index (Phi) is 3.96. The maximum absolute atomic E-state index is 6.56. The largest absolute Gasteiger partial charge is 0.496 e. The molecule has 2 aromatic carbocycles. The van der Waals surface area contributed by atoms with Crippen LogP contribution in [0.15, 0.2) is 77.5 Å². The molecule has 124 valence electrons. The van der Waals surface area contributed by atoms with Crippen molar-refractivity contribution in [3.63, 3.8) is 0 Å². The Morgan fingerprint density at radius 2 is 1.88 bits per heavy atom. The molecule has 4 nitrogen and oxygen atoms in total. The van der Waals surface area contributed by atoms with Crippen LogP contribution in [0.25, 0.3) is 22.0 Å². The molecule has 4 heteroatoms. The fraction of sp³-hybridized carbons (Fsp3) is 0.0952. The molecule has 4 aromatic rings. The average molecular weight is 330 g/mol. The zero-order chi connectivity index (χ0) is 17.2. The highest BCUT2D eigenvalue weighted by Gasteiger charge is 2.20. The smallest absolute Gasteiger partial charge is 0.132 e. The van der Waals surface area contributed by atoms with Crippen LogP contribution in [0.2, 0.25) is 0 Å². The number of nitrogens with two attached hydrogens (primary N) is 1. The molecule has 0 radical (unpaired) electrons. The summed E-state index contributed by atoms with van der Waals surface area (Å²) in [6.45, 7) is 0. The van der Waals surface area contributed by atoms with Gasteiger partial charge in [-0.1, -0.05) is 30.3 Å². The molecular formula is C21H18N2O2. The first-order valence-corrected chi connectivity index (χ1v) is 8.09. The van der Waals surface area contributed by atoms with Crippen LogP contribution in [0.5, 0.6) is 5.75 Å². The third-order valence-corrected chi connectivity index (χ3v) is 4.35. The number of aromatic nitrogens is 1. The quantitative estimate of drug-likeness (QED) is 0.596. The van der Waals surface area contributed by atoms with Gasteiger partial charge in [-0.25, -0.2) is 0 Å². The van der Waals surface area contributed by atoms with Gasteiger partial charge in [-0.3, -0.25) is 4.98 Å². The first-order chi connectivity index (χ1) is 12.3. The number of hydrogen-bond donors (Lipinski definition) is 1. The van der Waals surface area contributed by atoms with E-state index in [0.29, 0.717) is 0 Å². The summed E-state index contributed by atoms with van der Waals surface area (Å²) in [5, 5.41) is 2.05. The van der Waals surface area contributed by atoms with Crippen molar-refractivity contribution in [2.75, 3.05) is 7.11 Å². The molecule has 0 aliphatic heterocycles. The molecule has 2 heterocycles. The average Bonchev–Trinajstić information content (AvgIpc) is 3.12. The minimum absolute atomic E-state index is 0.432. The normalized spacial score (nSPS) is 12.2. The van der Waals surface area contributed by atoms with Gasteiger partial charge < -0.3 is 14.9 Å². The number of fused-ring (bicyclic) bond motifs is 1. The summed E-state index contributed by atoms with van der Waals surface area (Å²) in [6.07, 6.45) is 3.51. The molecule has 0 bridgehead atoms. The van der Waals surface area contributed by atoms with Crippen molar-refractivity contribution < 1.29 is 9.15 Å². The first-order valence-electron chi connectivity index (χ1n) is 8.09. The molecule has 0 amide bonds. The van der Waals surface area contributed by atoms with Crippen LogP contribution < -0.4 is 10.5 Å². The molecule has 0 spiro atoms. The minimum atomic E-state index is -0.432. The van der Waals surface area contributed by atoms with Gasteiger partial charge in [0.05, 0.1) is 25.1 Å². The van der Waals surface area contributed by atoms with Crippen molar-refractivity contribution in [3.05, 3.63) is 84.4 Å². The number of pyridine rings is 1.